The third-order valence-electron chi connectivity index (χ3n) is 5.89. The Kier molecular flexibility index (Phi) is 6.51. The number of carbonyl (C=O) groups excluding carboxylic acids is 1. The number of carbonyl (C=O) groups is 1. The van der Waals surface area contributed by atoms with Gasteiger partial charge in [0.15, 0.2) is 0 Å². The van der Waals surface area contributed by atoms with Gasteiger partial charge in [0, 0.05) is 12.1 Å². The lowest BCUT2D eigenvalue weighted by Gasteiger charge is -2.15. The lowest BCUT2D eigenvalue weighted by Crippen LogP contribution is -2.40. The van der Waals surface area contributed by atoms with E-state index in [1.807, 2.05) is 18.2 Å². The van der Waals surface area contributed by atoms with Crippen molar-refractivity contribution < 1.29 is 10.0 Å². The van der Waals surface area contributed by atoms with E-state index in [4.69, 9.17) is 5.21 Å². The predicted molar refractivity (Wildman–Crippen MR) is 127 cm³/mol. The van der Waals surface area contributed by atoms with E-state index in [-0.39, 0.29) is 24.3 Å². The highest BCUT2D eigenvalue weighted by Gasteiger charge is 2.14. The molecule has 4 aromatic rings. The summed E-state index contributed by atoms with van der Waals surface area (Å²) >= 11 is 0. The Morgan fingerprint density at radius 1 is 0.879 bits per heavy atom. The van der Waals surface area contributed by atoms with Crippen LogP contribution in [-0.4, -0.2) is 20.2 Å². The fraction of sp³-hybridized carbons (Fsp3) is 0.192. The van der Waals surface area contributed by atoms with E-state index in [9.17, 15) is 14.4 Å². The molecule has 0 saturated heterocycles. The van der Waals surface area contributed by atoms with Gasteiger partial charge in [-0.1, -0.05) is 55.5 Å². The lowest BCUT2D eigenvalue weighted by atomic mass is 10.0. The van der Waals surface area contributed by atoms with Crippen molar-refractivity contribution in [1.29, 1.82) is 0 Å². The topological polar surface area (TPSA) is 93.3 Å². The first-order valence-corrected chi connectivity index (χ1v) is 10.9. The molecule has 0 aliphatic heterocycles. The Morgan fingerprint density at radius 3 is 2.24 bits per heavy atom. The quantitative estimate of drug-likeness (QED) is 0.339. The number of para-hydroxylation sites is 1. The Labute approximate surface area is 190 Å². The molecule has 2 N–H and O–H groups in total. The molecule has 0 spiro atoms. The molecule has 7 nitrogen and oxygen atoms in total. The summed E-state index contributed by atoms with van der Waals surface area (Å²) in [6.45, 7) is 2.62. The molecule has 7 heteroatoms. The number of hydroxylamine groups is 1. The third-order valence-corrected chi connectivity index (χ3v) is 5.89. The lowest BCUT2D eigenvalue weighted by molar-refractivity contribution is 0.0706. The van der Waals surface area contributed by atoms with Gasteiger partial charge in [-0.3, -0.25) is 23.9 Å². The fourth-order valence-electron chi connectivity index (χ4n) is 4.11. The van der Waals surface area contributed by atoms with Crippen LogP contribution in [0.5, 0.6) is 0 Å². The van der Waals surface area contributed by atoms with Gasteiger partial charge in [0.25, 0.3) is 11.5 Å². The molecule has 0 unspecified atom stereocenters. The van der Waals surface area contributed by atoms with Crippen molar-refractivity contribution in [2.24, 2.45) is 0 Å². The van der Waals surface area contributed by atoms with Gasteiger partial charge in [-0.15, -0.1) is 0 Å². The van der Waals surface area contributed by atoms with Crippen LogP contribution in [0.4, 0.5) is 0 Å². The highest BCUT2D eigenvalue weighted by atomic mass is 16.5. The molecule has 168 valence electrons. The first-order chi connectivity index (χ1) is 16.0. The van der Waals surface area contributed by atoms with Gasteiger partial charge in [0.05, 0.1) is 17.4 Å². The number of rotatable bonds is 7. The number of hydrogen-bond acceptors (Lipinski definition) is 4. The van der Waals surface area contributed by atoms with Gasteiger partial charge < -0.3 is 0 Å². The summed E-state index contributed by atoms with van der Waals surface area (Å²) < 4.78 is 2.89. The number of nitrogens with one attached hydrogen (secondary N) is 1. The molecule has 0 bridgehead atoms. The second kappa shape index (κ2) is 9.67. The van der Waals surface area contributed by atoms with E-state index < -0.39 is 5.91 Å². The molecule has 1 amide bonds. The standard InChI is InChI=1S/C26H25N3O4/c1-2-19-7-3-4-8-20(19)15-16-28-25(31)22-9-5-6-10-23(22)29(26(28)32)17-18-11-13-21(14-12-18)24(30)27-33/h3-14,33H,2,15-17H2,1H3,(H,27,30). The average molecular weight is 444 g/mol. The molecule has 0 saturated carbocycles. The summed E-state index contributed by atoms with van der Waals surface area (Å²) in [5.41, 5.74) is 4.93. The van der Waals surface area contributed by atoms with E-state index in [0.29, 0.717) is 22.9 Å². The van der Waals surface area contributed by atoms with Crippen LogP contribution in [-0.2, 0) is 25.9 Å². The van der Waals surface area contributed by atoms with Crippen LogP contribution in [0.3, 0.4) is 0 Å². The van der Waals surface area contributed by atoms with Crippen molar-refractivity contribution in [2.75, 3.05) is 0 Å². The summed E-state index contributed by atoms with van der Waals surface area (Å²) in [4.78, 5) is 38.2. The maximum absolute atomic E-state index is 13.4. The van der Waals surface area contributed by atoms with Crippen LogP contribution in [0.2, 0.25) is 0 Å². The van der Waals surface area contributed by atoms with Crippen molar-refractivity contribution in [1.82, 2.24) is 14.6 Å². The minimum Gasteiger partial charge on any atom is -0.289 e. The molecule has 0 atom stereocenters. The Balaban J connectivity index is 1.74. The first kappa shape index (κ1) is 22.2. The molecule has 33 heavy (non-hydrogen) atoms. The number of aryl methyl sites for hydroxylation is 2. The molecule has 3 aromatic carbocycles. The molecule has 0 aliphatic carbocycles. The second-order valence-electron chi connectivity index (χ2n) is 7.85. The van der Waals surface area contributed by atoms with E-state index in [0.717, 1.165) is 17.5 Å². The van der Waals surface area contributed by atoms with Crippen molar-refractivity contribution in [2.45, 2.75) is 32.9 Å². The maximum atomic E-state index is 13.4. The second-order valence-corrected chi connectivity index (χ2v) is 7.85. The summed E-state index contributed by atoms with van der Waals surface area (Å²) in [5, 5.41) is 9.28. The molecular weight excluding hydrogens is 418 g/mol. The monoisotopic (exact) mass is 443 g/mol. The molecule has 0 radical (unpaired) electrons. The average Bonchev–Trinajstić information content (AvgIpc) is 2.86. The first-order valence-electron chi connectivity index (χ1n) is 10.9. The number of nitrogens with zero attached hydrogens (tertiary/aromatic N) is 2. The van der Waals surface area contributed by atoms with Crippen molar-refractivity contribution in [3.63, 3.8) is 0 Å². The smallest absolute Gasteiger partial charge is 0.289 e. The largest absolute Gasteiger partial charge is 0.331 e. The van der Waals surface area contributed by atoms with Crippen LogP contribution >= 0.6 is 0 Å². The molecular formula is C26H25N3O4. The number of fused-ring (bicyclic) bond motifs is 1. The van der Waals surface area contributed by atoms with Gasteiger partial charge in [-0.05, 0) is 53.8 Å². The Bertz CT molecular complexity index is 1420. The van der Waals surface area contributed by atoms with E-state index >= 15 is 0 Å². The highest BCUT2D eigenvalue weighted by molar-refractivity contribution is 5.93. The Morgan fingerprint density at radius 2 is 1.55 bits per heavy atom. The number of hydrogen-bond donors (Lipinski definition) is 2. The Hall–Kier alpha value is -3.97. The fourth-order valence-corrected chi connectivity index (χ4v) is 4.11. The van der Waals surface area contributed by atoms with Crippen LogP contribution in [0.1, 0.15) is 34.0 Å². The number of amides is 1. The zero-order chi connectivity index (χ0) is 23.4. The normalized spacial score (nSPS) is 11.0. The van der Waals surface area contributed by atoms with Crippen LogP contribution in [0.15, 0.2) is 82.4 Å². The van der Waals surface area contributed by atoms with Gasteiger partial charge in [-0.2, -0.15) is 0 Å². The SMILES string of the molecule is CCc1ccccc1CCn1c(=O)c2ccccc2n(Cc2ccc(C(=O)NO)cc2)c1=O. The molecule has 0 aliphatic rings. The van der Waals surface area contributed by atoms with E-state index in [1.165, 1.54) is 10.1 Å². The van der Waals surface area contributed by atoms with Crippen molar-refractivity contribution in [3.05, 3.63) is 116 Å². The van der Waals surface area contributed by atoms with Gasteiger partial charge in [0.2, 0.25) is 0 Å². The van der Waals surface area contributed by atoms with Gasteiger partial charge >= 0.3 is 5.69 Å². The zero-order valence-electron chi connectivity index (χ0n) is 18.3. The minimum absolute atomic E-state index is 0.242. The van der Waals surface area contributed by atoms with Crippen molar-refractivity contribution >= 4 is 16.8 Å². The maximum Gasteiger partial charge on any atom is 0.331 e. The van der Waals surface area contributed by atoms with Crippen LogP contribution in [0, 0.1) is 0 Å². The van der Waals surface area contributed by atoms with E-state index in [1.54, 1.807) is 58.6 Å². The number of benzene rings is 3. The predicted octanol–water partition coefficient (Wildman–Crippen LogP) is 3.14. The summed E-state index contributed by atoms with van der Waals surface area (Å²) in [7, 11) is 0. The summed E-state index contributed by atoms with van der Waals surface area (Å²) in [5.74, 6) is -0.606. The molecule has 4 rings (SSSR count). The third kappa shape index (κ3) is 4.49. The van der Waals surface area contributed by atoms with Crippen LogP contribution in [0.25, 0.3) is 10.9 Å². The highest BCUT2D eigenvalue weighted by Crippen LogP contribution is 2.13. The molecule has 0 fully saturated rings. The molecule has 1 heterocycles. The van der Waals surface area contributed by atoms with Gasteiger partial charge in [0.1, 0.15) is 0 Å². The summed E-state index contributed by atoms with van der Waals surface area (Å²) in [6.07, 6.45) is 1.47. The summed E-state index contributed by atoms with van der Waals surface area (Å²) in [6, 6.07) is 21.7. The minimum atomic E-state index is -0.606. The van der Waals surface area contributed by atoms with Crippen LogP contribution < -0.4 is 16.7 Å². The number of aromatic nitrogens is 2. The van der Waals surface area contributed by atoms with E-state index in [2.05, 4.69) is 13.0 Å². The van der Waals surface area contributed by atoms with Gasteiger partial charge in [-0.25, -0.2) is 10.3 Å². The van der Waals surface area contributed by atoms with Crippen molar-refractivity contribution in [3.8, 4) is 0 Å². The molecule has 1 aromatic heterocycles. The zero-order valence-corrected chi connectivity index (χ0v) is 18.3.